The summed E-state index contributed by atoms with van der Waals surface area (Å²) in [4.78, 5) is 0. The third kappa shape index (κ3) is 5.81. The second kappa shape index (κ2) is 7.63. The molecular formula is C12H23NO. The van der Waals surface area contributed by atoms with Crippen molar-refractivity contribution in [1.82, 2.24) is 5.32 Å². The summed E-state index contributed by atoms with van der Waals surface area (Å²) in [7, 11) is 0. The van der Waals surface area contributed by atoms with Gasteiger partial charge in [-0.1, -0.05) is 11.1 Å². The number of rotatable bonds is 6. The average molecular weight is 197 g/mol. The molecule has 0 saturated heterocycles. The maximum absolute atomic E-state index is 8.75. The average Bonchev–Trinajstić information content (AvgIpc) is 2.13. The van der Waals surface area contributed by atoms with Crippen LogP contribution in [-0.4, -0.2) is 18.3 Å². The number of aliphatic hydroxyl groups is 1. The molecule has 0 bridgehead atoms. The fourth-order valence-electron chi connectivity index (χ4n) is 1.28. The highest BCUT2D eigenvalue weighted by Gasteiger charge is 1.98. The molecule has 0 amide bonds. The number of allylic oxidation sites excluding steroid dienone is 3. The highest BCUT2D eigenvalue weighted by atomic mass is 16.2. The van der Waals surface area contributed by atoms with E-state index in [1.54, 1.807) is 0 Å². The minimum atomic E-state index is 0.269. The van der Waals surface area contributed by atoms with Gasteiger partial charge in [-0.15, -0.1) is 0 Å². The Morgan fingerprint density at radius 2 is 1.93 bits per heavy atom. The lowest BCUT2D eigenvalue weighted by Crippen LogP contribution is -2.12. The molecule has 0 aliphatic heterocycles. The Bertz CT molecular complexity index is 212. The van der Waals surface area contributed by atoms with Gasteiger partial charge in [-0.25, -0.2) is 0 Å². The highest BCUT2D eigenvalue weighted by molar-refractivity contribution is 5.25. The van der Waals surface area contributed by atoms with Crippen LogP contribution in [0.3, 0.4) is 0 Å². The molecule has 82 valence electrons. The predicted molar refractivity (Wildman–Crippen MR) is 62.1 cm³/mol. The first-order valence-electron chi connectivity index (χ1n) is 5.31. The van der Waals surface area contributed by atoms with E-state index in [4.69, 9.17) is 5.11 Å². The minimum Gasteiger partial charge on any atom is -0.396 e. The van der Waals surface area contributed by atoms with Crippen molar-refractivity contribution < 1.29 is 5.11 Å². The highest BCUT2D eigenvalue weighted by Crippen LogP contribution is 2.11. The van der Waals surface area contributed by atoms with E-state index in [9.17, 15) is 0 Å². The van der Waals surface area contributed by atoms with Gasteiger partial charge in [0.25, 0.3) is 0 Å². The van der Waals surface area contributed by atoms with E-state index in [1.807, 2.05) is 0 Å². The third-order valence-electron chi connectivity index (χ3n) is 1.97. The predicted octanol–water partition coefficient (Wildman–Crippen LogP) is 2.61. The topological polar surface area (TPSA) is 32.3 Å². The van der Waals surface area contributed by atoms with E-state index < -0.39 is 0 Å². The lowest BCUT2D eigenvalue weighted by Gasteiger charge is -2.10. The van der Waals surface area contributed by atoms with Crippen LogP contribution >= 0.6 is 0 Å². The fraction of sp³-hybridized carbons (Fsp3) is 0.667. The van der Waals surface area contributed by atoms with E-state index in [0.717, 1.165) is 19.4 Å². The number of nitrogens with one attached hydrogen (secondary N) is 1. The van der Waals surface area contributed by atoms with Crippen LogP contribution in [0.1, 0.15) is 40.5 Å². The monoisotopic (exact) mass is 197 g/mol. The molecule has 0 aliphatic carbocycles. The molecule has 0 aliphatic rings. The molecule has 0 heterocycles. The summed E-state index contributed by atoms with van der Waals surface area (Å²) in [5, 5.41) is 12.1. The lowest BCUT2D eigenvalue weighted by molar-refractivity contribution is 0.288. The van der Waals surface area contributed by atoms with Crippen LogP contribution in [0, 0.1) is 0 Å². The van der Waals surface area contributed by atoms with Crippen molar-refractivity contribution in [1.29, 1.82) is 0 Å². The zero-order valence-electron chi connectivity index (χ0n) is 9.85. The van der Waals surface area contributed by atoms with Crippen LogP contribution in [0.5, 0.6) is 0 Å². The van der Waals surface area contributed by atoms with E-state index in [2.05, 4.69) is 39.1 Å². The number of aliphatic hydroxyl groups excluding tert-OH is 1. The van der Waals surface area contributed by atoms with Crippen molar-refractivity contribution in [3.8, 4) is 0 Å². The van der Waals surface area contributed by atoms with Crippen LogP contribution in [-0.2, 0) is 0 Å². The smallest absolute Gasteiger partial charge is 0.0434 e. The van der Waals surface area contributed by atoms with Crippen molar-refractivity contribution in [2.45, 2.75) is 40.5 Å². The molecule has 0 radical (unpaired) electrons. The van der Waals surface area contributed by atoms with Gasteiger partial charge in [0, 0.05) is 18.8 Å². The van der Waals surface area contributed by atoms with Gasteiger partial charge in [0.05, 0.1) is 0 Å². The maximum Gasteiger partial charge on any atom is 0.0434 e. The van der Waals surface area contributed by atoms with E-state index in [1.165, 1.54) is 16.8 Å². The van der Waals surface area contributed by atoms with Gasteiger partial charge in [-0.05, 0) is 46.6 Å². The van der Waals surface area contributed by atoms with Crippen LogP contribution in [0.4, 0.5) is 0 Å². The van der Waals surface area contributed by atoms with Crippen molar-refractivity contribution in [2.24, 2.45) is 0 Å². The summed E-state index contributed by atoms with van der Waals surface area (Å²) >= 11 is 0. The summed E-state index contributed by atoms with van der Waals surface area (Å²) in [6, 6.07) is 0. The van der Waals surface area contributed by atoms with Crippen LogP contribution in [0.2, 0.25) is 0 Å². The SMILES string of the molecule is CCN/C(C=C(C)C)=C(/C)CCCO. The molecule has 0 rings (SSSR count). The Morgan fingerprint density at radius 1 is 1.29 bits per heavy atom. The van der Waals surface area contributed by atoms with Crippen LogP contribution in [0.25, 0.3) is 0 Å². The summed E-state index contributed by atoms with van der Waals surface area (Å²) in [5.74, 6) is 0. The third-order valence-corrected chi connectivity index (χ3v) is 1.97. The summed E-state index contributed by atoms with van der Waals surface area (Å²) < 4.78 is 0. The van der Waals surface area contributed by atoms with Crippen molar-refractivity contribution >= 4 is 0 Å². The molecule has 2 N–H and O–H groups in total. The minimum absolute atomic E-state index is 0.269. The number of hydrogen-bond acceptors (Lipinski definition) is 2. The summed E-state index contributed by atoms with van der Waals surface area (Å²) in [6.45, 7) is 9.61. The zero-order valence-corrected chi connectivity index (χ0v) is 9.85. The van der Waals surface area contributed by atoms with Crippen molar-refractivity contribution in [3.63, 3.8) is 0 Å². The molecule has 0 spiro atoms. The molecule has 14 heavy (non-hydrogen) atoms. The number of likely N-dealkylation sites (N-methyl/N-ethyl adjacent to an activating group) is 1. The number of hydrogen-bond donors (Lipinski definition) is 2. The molecule has 0 fully saturated rings. The van der Waals surface area contributed by atoms with E-state index in [0.29, 0.717) is 0 Å². The fourth-order valence-corrected chi connectivity index (χ4v) is 1.28. The second-order valence-corrected chi connectivity index (χ2v) is 3.77. The van der Waals surface area contributed by atoms with Gasteiger partial charge in [0.1, 0.15) is 0 Å². The van der Waals surface area contributed by atoms with Crippen LogP contribution in [0.15, 0.2) is 22.9 Å². The molecule has 2 nitrogen and oxygen atoms in total. The molecule has 0 unspecified atom stereocenters. The van der Waals surface area contributed by atoms with Crippen molar-refractivity contribution in [2.75, 3.05) is 13.2 Å². The maximum atomic E-state index is 8.75. The van der Waals surface area contributed by atoms with Gasteiger partial charge in [-0.2, -0.15) is 0 Å². The first kappa shape index (κ1) is 13.2. The van der Waals surface area contributed by atoms with E-state index >= 15 is 0 Å². The molecule has 0 aromatic heterocycles. The Hall–Kier alpha value is -0.760. The molecular weight excluding hydrogens is 174 g/mol. The van der Waals surface area contributed by atoms with Gasteiger partial charge in [0.2, 0.25) is 0 Å². The first-order valence-corrected chi connectivity index (χ1v) is 5.31. The Balaban J connectivity index is 4.49. The Morgan fingerprint density at radius 3 is 2.36 bits per heavy atom. The summed E-state index contributed by atoms with van der Waals surface area (Å²) in [6.07, 6.45) is 3.97. The Labute approximate surface area is 87.7 Å². The van der Waals surface area contributed by atoms with Gasteiger partial charge in [0.15, 0.2) is 0 Å². The standard InChI is InChI=1S/C12H23NO/c1-5-13-12(9-10(2)3)11(4)7-6-8-14/h9,13-14H,5-8H2,1-4H3/b12-11-. The van der Waals surface area contributed by atoms with Gasteiger partial charge < -0.3 is 10.4 Å². The normalized spacial score (nSPS) is 12.1. The zero-order chi connectivity index (χ0) is 11.0. The molecule has 0 atom stereocenters. The first-order chi connectivity index (χ1) is 6.61. The largest absolute Gasteiger partial charge is 0.396 e. The summed E-state index contributed by atoms with van der Waals surface area (Å²) in [5.41, 5.74) is 3.83. The Kier molecular flexibility index (Phi) is 7.21. The second-order valence-electron chi connectivity index (χ2n) is 3.77. The van der Waals surface area contributed by atoms with Gasteiger partial charge >= 0.3 is 0 Å². The van der Waals surface area contributed by atoms with E-state index in [-0.39, 0.29) is 6.61 Å². The quantitative estimate of drug-likeness (QED) is 0.641. The molecule has 0 saturated carbocycles. The van der Waals surface area contributed by atoms with Gasteiger partial charge in [-0.3, -0.25) is 0 Å². The molecule has 0 aromatic carbocycles. The molecule has 0 aromatic rings. The lowest BCUT2D eigenvalue weighted by atomic mass is 10.1. The van der Waals surface area contributed by atoms with Crippen molar-refractivity contribution in [3.05, 3.63) is 22.9 Å². The van der Waals surface area contributed by atoms with Crippen LogP contribution < -0.4 is 5.32 Å². The molecule has 2 heteroatoms.